The average molecular weight is 478 g/mol. The van der Waals surface area contributed by atoms with Gasteiger partial charge in [-0.2, -0.15) is 0 Å². The maximum Gasteiger partial charge on any atom is 0.472 e. The third-order valence-corrected chi connectivity index (χ3v) is 6.12. The first-order valence-corrected chi connectivity index (χ1v) is 12.6. The predicted molar refractivity (Wildman–Crippen MR) is 107 cm³/mol. The Morgan fingerprint density at radius 2 is 1.53 bits per heavy atom. The van der Waals surface area contributed by atoms with Crippen LogP contribution in [0.25, 0.3) is 0 Å². The van der Waals surface area contributed by atoms with Gasteiger partial charge >= 0.3 is 27.4 Å². The molecule has 0 heterocycles. The summed E-state index contributed by atoms with van der Waals surface area (Å²) in [5, 5.41) is 0. The fraction of sp³-hybridized carbons (Fsp3) is 0.875. The number of phosphoric ester groups is 1. The van der Waals surface area contributed by atoms with Crippen molar-refractivity contribution in [3.05, 3.63) is 0 Å². The SMILES string of the molecule is CCOP(=O)(CC(=O)O[C@H](COC(C)=O)COP(=O)(O)OCC[N+](C)(C)C)OCC. The lowest BCUT2D eigenvalue weighted by atomic mass is 10.4. The van der Waals surface area contributed by atoms with Crippen molar-refractivity contribution in [3.8, 4) is 0 Å². The number of ether oxygens (including phenoxy) is 2. The van der Waals surface area contributed by atoms with E-state index in [0.717, 1.165) is 6.92 Å². The molecule has 0 aromatic heterocycles. The Morgan fingerprint density at radius 1 is 0.967 bits per heavy atom. The molecule has 0 radical (unpaired) electrons. The highest BCUT2D eigenvalue weighted by molar-refractivity contribution is 7.54. The monoisotopic (exact) mass is 478 g/mol. The van der Waals surface area contributed by atoms with Gasteiger partial charge in [0, 0.05) is 6.92 Å². The van der Waals surface area contributed by atoms with E-state index in [0.29, 0.717) is 11.0 Å². The molecule has 14 heteroatoms. The Kier molecular flexibility index (Phi) is 13.2. The summed E-state index contributed by atoms with van der Waals surface area (Å²) in [6, 6.07) is 0. The zero-order valence-corrected chi connectivity index (χ0v) is 20.2. The van der Waals surface area contributed by atoms with Crippen LogP contribution in [-0.2, 0) is 46.3 Å². The zero-order valence-electron chi connectivity index (χ0n) is 18.4. The lowest BCUT2D eigenvalue weighted by Crippen LogP contribution is -2.37. The molecule has 1 unspecified atom stereocenters. The van der Waals surface area contributed by atoms with Gasteiger partial charge in [0.15, 0.2) is 6.10 Å². The summed E-state index contributed by atoms with van der Waals surface area (Å²) in [5.74, 6) is -1.63. The zero-order chi connectivity index (χ0) is 23.4. The largest absolute Gasteiger partial charge is 0.472 e. The molecule has 0 rings (SSSR count). The maximum atomic E-state index is 12.4. The molecule has 0 aromatic carbocycles. The van der Waals surface area contributed by atoms with E-state index in [9.17, 15) is 23.6 Å². The van der Waals surface area contributed by atoms with Crippen molar-refractivity contribution in [2.75, 3.05) is 66.9 Å². The third kappa shape index (κ3) is 15.0. The third-order valence-electron chi connectivity index (χ3n) is 3.19. The molecule has 30 heavy (non-hydrogen) atoms. The van der Waals surface area contributed by atoms with Gasteiger partial charge in [0.05, 0.1) is 41.0 Å². The number of quaternary nitrogens is 1. The fourth-order valence-corrected chi connectivity index (χ4v) is 4.05. The number of rotatable bonds is 16. The van der Waals surface area contributed by atoms with Crippen LogP contribution in [-0.4, -0.2) is 94.3 Å². The summed E-state index contributed by atoms with van der Waals surface area (Å²) in [4.78, 5) is 33.0. The van der Waals surface area contributed by atoms with Crippen molar-refractivity contribution in [2.24, 2.45) is 0 Å². The highest BCUT2D eigenvalue weighted by atomic mass is 31.2. The molecule has 0 bridgehead atoms. The summed E-state index contributed by atoms with van der Waals surface area (Å²) in [6.07, 6.45) is -1.91. The lowest BCUT2D eigenvalue weighted by Gasteiger charge is -2.24. The quantitative estimate of drug-likeness (QED) is 0.196. The Morgan fingerprint density at radius 3 is 2.00 bits per heavy atom. The van der Waals surface area contributed by atoms with Crippen molar-refractivity contribution >= 4 is 27.4 Å². The van der Waals surface area contributed by atoms with Crippen molar-refractivity contribution < 1.29 is 55.7 Å². The summed E-state index contributed by atoms with van der Waals surface area (Å²) < 4.78 is 54.5. The average Bonchev–Trinajstić information content (AvgIpc) is 2.56. The highest BCUT2D eigenvalue weighted by Gasteiger charge is 2.31. The number of hydrogen-bond donors (Lipinski definition) is 1. The van der Waals surface area contributed by atoms with E-state index in [4.69, 9.17) is 27.6 Å². The molecule has 12 nitrogen and oxygen atoms in total. The molecular formula is C16H34NO11P2+. The van der Waals surface area contributed by atoms with Crippen LogP contribution < -0.4 is 0 Å². The van der Waals surface area contributed by atoms with Crippen LogP contribution in [0.2, 0.25) is 0 Å². The minimum Gasteiger partial charge on any atom is -0.462 e. The van der Waals surface area contributed by atoms with E-state index in [2.05, 4.69) is 0 Å². The van der Waals surface area contributed by atoms with Crippen LogP contribution in [0.15, 0.2) is 0 Å². The molecule has 1 N–H and O–H groups in total. The van der Waals surface area contributed by atoms with Gasteiger partial charge in [-0.3, -0.25) is 23.2 Å². The van der Waals surface area contributed by atoms with E-state index in [1.54, 1.807) is 13.8 Å². The summed E-state index contributed by atoms with van der Waals surface area (Å²) in [5.41, 5.74) is 0. The van der Waals surface area contributed by atoms with Crippen LogP contribution in [0.4, 0.5) is 0 Å². The molecule has 178 valence electrons. The molecule has 0 aromatic rings. The van der Waals surface area contributed by atoms with Crippen LogP contribution >= 0.6 is 15.4 Å². The van der Waals surface area contributed by atoms with Crippen LogP contribution in [0.5, 0.6) is 0 Å². The van der Waals surface area contributed by atoms with E-state index in [-0.39, 0.29) is 19.8 Å². The standard InChI is InChI=1S/C16H33NO11P2/c1-7-24-29(20,25-8-2)13-16(19)28-15(11-23-14(3)18)12-27-30(21,22)26-10-9-17(4,5)6/h15H,7-13H2,1-6H3/p+1/t15-/m1/s1. The van der Waals surface area contributed by atoms with Crippen LogP contribution in [0, 0.1) is 0 Å². The highest BCUT2D eigenvalue weighted by Crippen LogP contribution is 2.48. The van der Waals surface area contributed by atoms with Gasteiger partial charge in [-0.25, -0.2) is 4.57 Å². The van der Waals surface area contributed by atoms with Crippen molar-refractivity contribution in [2.45, 2.75) is 26.9 Å². The van der Waals surface area contributed by atoms with Gasteiger partial charge in [0.2, 0.25) is 0 Å². The second-order valence-corrected chi connectivity index (χ2v) is 10.6. The number of carbonyl (C=O) groups is 2. The van der Waals surface area contributed by atoms with E-state index in [1.165, 1.54) is 0 Å². The fourth-order valence-electron chi connectivity index (χ4n) is 1.87. The molecule has 0 amide bonds. The number of esters is 2. The van der Waals surface area contributed by atoms with Crippen molar-refractivity contribution in [3.63, 3.8) is 0 Å². The second-order valence-electron chi connectivity index (χ2n) is 7.13. The van der Waals surface area contributed by atoms with Crippen LogP contribution in [0.1, 0.15) is 20.8 Å². The number of likely N-dealkylation sites (N-methyl/N-ethyl adjacent to an activating group) is 1. The summed E-state index contributed by atoms with van der Waals surface area (Å²) in [7, 11) is -2.50. The molecule has 0 saturated heterocycles. The predicted octanol–water partition coefficient (Wildman–Crippen LogP) is 1.57. The maximum absolute atomic E-state index is 12.4. The van der Waals surface area contributed by atoms with E-state index >= 15 is 0 Å². The molecule has 0 saturated carbocycles. The van der Waals surface area contributed by atoms with Gasteiger partial charge in [-0.05, 0) is 13.8 Å². The van der Waals surface area contributed by atoms with Crippen molar-refractivity contribution in [1.82, 2.24) is 0 Å². The Labute approximate surface area is 177 Å². The topological polar surface area (TPSA) is 144 Å². The lowest BCUT2D eigenvalue weighted by molar-refractivity contribution is -0.870. The number of carbonyl (C=O) groups excluding carboxylic acids is 2. The molecule has 0 aliphatic heterocycles. The normalized spacial score (nSPS) is 15.3. The number of hydrogen-bond acceptors (Lipinski definition) is 10. The minimum absolute atomic E-state index is 0.0441. The summed E-state index contributed by atoms with van der Waals surface area (Å²) >= 11 is 0. The molecular weight excluding hydrogens is 444 g/mol. The first kappa shape index (κ1) is 29.2. The number of nitrogens with zero attached hydrogens (tertiary/aromatic N) is 1. The Balaban J connectivity index is 4.90. The Bertz CT molecular complexity index is 625. The van der Waals surface area contributed by atoms with Gasteiger partial charge in [0.1, 0.15) is 25.9 Å². The molecule has 0 fully saturated rings. The minimum atomic E-state index is -4.43. The van der Waals surface area contributed by atoms with E-state index < -0.39 is 52.8 Å². The van der Waals surface area contributed by atoms with Gasteiger partial charge in [-0.1, -0.05) is 0 Å². The molecule has 0 aliphatic carbocycles. The summed E-state index contributed by atoms with van der Waals surface area (Å²) in [6.45, 7) is 3.81. The van der Waals surface area contributed by atoms with Crippen molar-refractivity contribution in [1.29, 1.82) is 0 Å². The second kappa shape index (κ2) is 13.5. The molecule has 2 atom stereocenters. The van der Waals surface area contributed by atoms with Gasteiger partial charge in [0.25, 0.3) is 0 Å². The molecule has 0 spiro atoms. The number of phosphoric acid groups is 1. The Hall–Kier alpha value is -0.840. The van der Waals surface area contributed by atoms with Gasteiger partial charge in [-0.15, -0.1) is 0 Å². The first-order chi connectivity index (χ1) is 13.7. The first-order valence-electron chi connectivity index (χ1n) is 9.35. The molecule has 0 aliphatic rings. The smallest absolute Gasteiger partial charge is 0.462 e. The van der Waals surface area contributed by atoms with Gasteiger partial charge < -0.3 is 27.9 Å². The van der Waals surface area contributed by atoms with E-state index in [1.807, 2.05) is 21.1 Å². The van der Waals surface area contributed by atoms with Crippen LogP contribution in [0.3, 0.4) is 0 Å².